The molecular weight excluding hydrogens is 306 g/mol. The fraction of sp³-hybridized carbons (Fsp3) is 0.111. The molecule has 6 heteroatoms. The van der Waals surface area contributed by atoms with Gasteiger partial charge >= 0.3 is 0 Å². The molecule has 24 heavy (non-hydrogen) atoms. The molecule has 1 aliphatic heterocycles. The van der Waals surface area contributed by atoms with Gasteiger partial charge in [-0.1, -0.05) is 30.3 Å². The number of nitrogens with one attached hydrogen (secondary N) is 1. The van der Waals surface area contributed by atoms with Gasteiger partial charge in [-0.15, -0.1) is 0 Å². The van der Waals surface area contributed by atoms with Crippen LogP contribution in [0.3, 0.4) is 0 Å². The highest BCUT2D eigenvalue weighted by Crippen LogP contribution is 2.34. The van der Waals surface area contributed by atoms with Crippen molar-refractivity contribution in [3.8, 4) is 11.5 Å². The number of carbonyl (C=O) groups excluding carboxylic acids is 1. The number of anilines is 1. The Balaban J connectivity index is 1.45. The van der Waals surface area contributed by atoms with Gasteiger partial charge in [0.15, 0.2) is 11.5 Å². The summed E-state index contributed by atoms with van der Waals surface area (Å²) in [4.78, 5) is 12.3. The van der Waals surface area contributed by atoms with Crippen LogP contribution in [0.5, 0.6) is 11.5 Å². The molecule has 0 spiro atoms. The van der Waals surface area contributed by atoms with Crippen molar-refractivity contribution >= 4 is 11.6 Å². The smallest absolute Gasteiger partial charge is 0.258 e. The summed E-state index contributed by atoms with van der Waals surface area (Å²) < 4.78 is 12.3. The van der Waals surface area contributed by atoms with Crippen LogP contribution in [-0.2, 0) is 6.54 Å². The molecule has 0 bridgehead atoms. The maximum absolute atomic E-state index is 12.3. The largest absolute Gasteiger partial charge is 0.454 e. The van der Waals surface area contributed by atoms with E-state index in [1.54, 1.807) is 35.3 Å². The summed E-state index contributed by atoms with van der Waals surface area (Å²) in [7, 11) is 0. The van der Waals surface area contributed by atoms with E-state index >= 15 is 0 Å². The maximum Gasteiger partial charge on any atom is 0.258 e. The van der Waals surface area contributed by atoms with E-state index in [1.807, 2.05) is 30.3 Å². The molecule has 2 aromatic carbocycles. The fourth-order valence-corrected chi connectivity index (χ4v) is 2.52. The molecule has 1 N–H and O–H groups in total. The summed E-state index contributed by atoms with van der Waals surface area (Å²) in [5.41, 5.74) is 2.28. The van der Waals surface area contributed by atoms with E-state index in [2.05, 4.69) is 10.4 Å². The summed E-state index contributed by atoms with van der Waals surface area (Å²) >= 11 is 0. The zero-order valence-corrected chi connectivity index (χ0v) is 12.8. The van der Waals surface area contributed by atoms with Crippen molar-refractivity contribution in [2.45, 2.75) is 6.54 Å². The van der Waals surface area contributed by atoms with Crippen molar-refractivity contribution in [3.05, 3.63) is 72.1 Å². The Hall–Kier alpha value is -3.28. The molecule has 1 amide bonds. The SMILES string of the molecule is O=C(Nc1ccc2c(c1)OCO2)c1cnn(Cc2ccccc2)c1. The van der Waals surface area contributed by atoms with Crippen LogP contribution in [0.4, 0.5) is 5.69 Å². The van der Waals surface area contributed by atoms with Gasteiger partial charge in [0.2, 0.25) is 6.79 Å². The number of benzene rings is 2. The van der Waals surface area contributed by atoms with Crippen LogP contribution in [-0.4, -0.2) is 22.5 Å². The number of carbonyl (C=O) groups is 1. The van der Waals surface area contributed by atoms with Crippen LogP contribution in [0.15, 0.2) is 60.9 Å². The average molecular weight is 321 g/mol. The second-order valence-corrected chi connectivity index (χ2v) is 5.43. The van der Waals surface area contributed by atoms with Crippen molar-refractivity contribution in [1.29, 1.82) is 0 Å². The van der Waals surface area contributed by atoms with Gasteiger partial charge < -0.3 is 14.8 Å². The zero-order chi connectivity index (χ0) is 16.4. The van der Waals surface area contributed by atoms with Gasteiger partial charge in [-0.3, -0.25) is 9.48 Å². The average Bonchev–Trinajstić information content (AvgIpc) is 3.24. The Labute approximate surface area is 138 Å². The van der Waals surface area contributed by atoms with Crippen LogP contribution in [0.1, 0.15) is 15.9 Å². The summed E-state index contributed by atoms with van der Waals surface area (Å²) in [5, 5.41) is 7.08. The highest BCUT2D eigenvalue weighted by atomic mass is 16.7. The molecule has 1 aromatic heterocycles. The third-order valence-electron chi connectivity index (χ3n) is 3.71. The number of ether oxygens (including phenoxy) is 2. The van der Waals surface area contributed by atoms with E-state index in [9.17, 15) is 4.79 Å². The fourth-order valence-electron chi connectivity index (χ4n) is 2.52. The highest BCUT2D eigenvalue weighted by Gasteiger charge is 2.15. The predicted octanol–water partition coefficient (Wildman–Crippen LogP) is 2.91. The second kappa shape index (κ2) is 6.08. The summed E-state index contributed by atoms with van der Waals surface area (Å²) in [5.74, 6) is 1.10. The van der Waals surface area contributed by atoms with Crippen LogP contribution < -0.4 is 14.8 Å². The van der Waals surface area contributed by atoms with Crippen LogP contribution in [0, 0.1) is 0 Å². The van der Waals surface area contributed by atoms with Gasteiger partial charge in [0, 0.05) is 18.0 Å². The number of aromatic nitrogens is 2. The van der Waals surface area contributed by atoms with Gasteiger partial charge in [-0.25, -0.2) is 0 Å². The molecule has 0 aliphatic carbocycles. The molecule has 0 atom stereocenters. The first-order valence-corrected chi connectivity index (χ1v) is 7.55. The number of rotatable bonds is 4. The quantitative estimate of drug-likeness (QED) is 0.802. The van der Waals surface area contributed by atoms with Gasteiger partial charge in [-0.2, -0.15) is 5.10 Å². The first kappa shape index (κ1) is 14.3. The van der Waals surface area contributed by atoms with Crippen molar-refractivity contribution in [3.63, 3.8) is 0 Å². The van der Waals surface area contributed by atoms with Gasteiger partial charge in [-0.05, 0) is 17.7 Å². The lowest BCUT2D eigenvalue weighted by Crippen LogP contribution is -2.11. The summed E-state index contributed by atoms with van der Waals surface area (Å²) in [6, 6.07) is 15.3. The minimum Gasteiger partial charge on any atom is -0.454 e. The monoisotopic (exact) mass is 321 g/mol. The number of fused-ring (bicyclic) bond motifs is 1. The maximum atomic E-state index is 12.3. The Morgan fingerprint density at radius 2 is 1.96 bits per heavy atom. The molecule has 0 saturated heterocycles. The minimum atomic E-state index is -0.215. The van der Waals surface area contributed by atoms with E-state index in [0.717, 1.165) is 5.56 Å². The number of hydrogen-bond acceptors (Lipinski definition) is 4. The lowest BCUT2D eigenvalue weighted by Gasteiger charge is -2.04. The Kier molecular flexibility index (Phi) is 3.63. The first-order chi connectivity index (χ1) is 11.8. The molecule has 1 aliphatic rings. The second-order valence-electron chi connectivity index (χ2n) is 5.43. The summed E-state index contributed by atoms with van der Waals surface area (Å²) in [6.07, 6.45) is 3.29. The first-order valence-electron chi connectivity index (χ1n) is 7.55. The van der Waals surface area contributed by atoms with Gasteiger partial charge in [0.05, 0.1) is 18.3 Å². The van der Waals surface area contributed by atoms with Crippen molar-refractivity contribution in [2.24, 2.45) is 0 Å². The molecule has 0 unspecified atom stereocenters. The lowest BCUT2D eigenvalue weighted by atomic mass is 10.2. The topological polar surface area (TPSA) is 65.4 Å². The molecular formula is C18H15N3O3. The van der Waals surface area contributed by atoms with Crippen LogP contribution in [0.25, 0.3) is 0 Å². The van der Waals surface area contributed by atoms with Gasteiger partial charge in [0.1, 0.15) is 0 Å². The molecule has 0 radical (unpaired) electrons. The summed E-state index contributed by atoms with van der Waals surface area (Å²) in [6.45, 7) is 0.830. The number of hydrogen-bond donors (Lipinski definition) is 1. The number of amides is 1. The highest BCUT2D eigenvalue weighted by molar-refractivity contribution is 6.04. The van der Waals surface area contributed by atoms with E-state index in [1.165, 1.54) is 0 Å². The molecule has 3 aromatic rings. The van der Waals surface area contributed by atoms with Crippen LogP contribution >= 0.6 is 0 Å². The Morgan fingerprint density at radius 1 is 1.12 bits per heavy atom. The lowest BCUT2D eigenvalue weighted by molar-refractivity contribution is 0.102. The molecule has 120 valence electrons. The third kappa shape index (κ3) is 2.94. The van der Waals surface area contributed by atoms with Crippen molar-refractivity contribution < 1.29 is 14.3 Å². The predicted molar refractivity (Wildman–Crippen MR) is 88.3 cm³/mol. The van der Waals surface area contributed by atoms with E-state index in [4.69, 9.17) is 9.47 Å². The molecule has 0 fully saturated rings. The molecule has 6 nitrogen and oxygen atoms in total. The molecule has 2 heterocycles. The third-order valence-corrected chi connectivity index (χ3v) is 3.71. The van der Waals surface area contributed by atoms with Gasteiger partial charge in [0.25, 0.3) is 5.91 Å². The van der Waals surface area contributed by atoms with Crippen molar-refractivity contribution in [2.75, 3.05) is 12.1 Å². The normalized spacial score (nSPS) is 12.2. The zero-order valence-electron chi connectivity index (χ0n) is 12.8. The molecule has 0 saturated carbocycles. The molecule has 4 rings (SSSR count). The Morgan fingerprint density at radius 3 is 2.83 bits per heavy atom. The minimum absolute atomic E-state index is 0.207. The van der Waals surface area contributed by atoms with E-state index < -0.39 is 0 Å². The van der Waals surface area contributed by atoms with Crippen molar-refractivity contribution in [1.82, 2.24) is 9.78 Å². The number of nitrogens with zero attached hydrogens (tertiary/aromatic N) is 2. The van der Waals surface area contributed by atoms with Crippen LogP contribution in [0.2, 0.25) is 0 Å². The van der Waals surface area contributed by atoms with E-state index in [-0.39, 0.29) is 12.7 Å². The van der Waals surface area contributed by atoms with E-state index in [0.29, 0.717) is 29.3 Å². The standard InChI is InChI=1S/C18H15N3O3/c22-18(20-15-6-7-16-17(8-15)24-12-23-16)14-9-19-21(11-14)10-13-4-2-1-3-5-13/h1-9,11H,10,12H2,(H,20,22). The Bertz CT molecular complexity index is 874.